The molecule has 1 aliphatic carbocycles. The predicted molar refractivity (Wildman–Crippen MR) is 561 cm³/mol. The maximum atomic E-state index is 2.54. The summed E-state index contributed by atoms with van der Waals surface area (Å²) in [6, 6.07) is 194. The fourth-order valence-electron chi connectivity index (χ4n) is 21.9. The smallest absolute Gasteiger partial charge is 0.360 e. The average molecular weight is 1700 g/mol. The largest absolute Gasteiger partial charge is 0.420 e. The van der Waals surface area contributed by atoms with Gasteiger partial charge in [0, 0.05) is 45.5 Å². The molecule has 0 amide bonds. The molecule has 8 nitrogen and oxygen atoms in total. The Hall–Kier alpha value is -16.9. The van der Waals surface area contributed by atoms with Crippen LogP contribution in [0.3, 0.4) is 0 Å². The minimum atomic E-state index is -0.934. The molecule has 0 unspecified atom stereocenters. The van der Waals surface area contributed by atoms with Crippen LogP contribution in [-0.2, 0) is 5.41 Å². The van der Waals surface area contributed by atoms with Crippen molar-refractivity contribution in [3.05, 3.63) is 544 Å². The molecule has 0 N–H and O–H groups in total. The van der Waals surface area contributed by atoms with Gasteiger partial charge in [0.15, 0.2) is 0 Å². The van der Waals surface area contributed by atoms with Crippen molar-refractivity contribution in [3.8, 4) is 55.6 Å². The van der Waals surface area contributed by atoms with Gasteiger partial charge < -0.3 is 38.5 Å². The molecule has 5 aliphatic rings. The maximum absolute atomic E-state index is 2.54. The van der Waals surface area contributed by atoms with Crippen molar-refractivity contribution in [2.24, 2.45) is 0 Å². The van der Waals surface area contributed by atoms with E-state index in [1.807, 2.05) is 0 Å². The summed E-state index contributed by atoms with van der Waals surface area (Å²) in [5.41, 5.74) is 37.8. The average Bonchev–Trinajstić information content (AvgIpc) is 1.53. The molecule has 0 bridgehead atoms. The molecule has 20 aromatic rings. The quantitative estimate of drug-likeness (QED) is 0.0784. The van der Waals surface area contributed by atoms with E-state index in [0.717, 1.165) is 168 Å². The highest BCUT2D eigenvalue weighted by atomic mass is 15.3. The Morgan fingerprint density at radius 3 is 0.474 bits per heavy atom. The van der Waals surface area contributed by atoms with Gasteiger partial charge in [0.05, 0.1) is 50.9 Å². The van der Waals surface area contributed by atoms with Crippen LogP contribution in [0.5, 0.6) is 0 Å². The minimum Gasteiger partial charge on any atom is -0.360 e. The standard InChI is InChI=1S/C121H86B4N8/c1-9-37-101(38-10-1)126-113-57-29-30-58-114(113)127(102-39-11-2-12-40-102)122(126)97-73-65-87(66-74-97)91-81-92(88-67-75-98(76-68-88)123-128(103-41-13-3-14-42-103)115-59-31-32-60-116(115)129(123)104-43-15-4-16-44-104)84-95(83-91)121(111-55-27-25-53-109(111)110-54-26-28-56-112(110)121)96-85-93(89-69-77-99(78-70-89)124-130(105-45-17-5-18-46-105)117-61-33-34-62-118(117)131(124)106-47-19-6-20-48-106)82-94(86-96)90-71-79-100(80-72-90)125-132(107-49-21-7-22-50-107)119-63-35-36-64-120(119)133(125)108-51-23-8-24-52-108/h1-86H. The van der Waals surface area contributed by atoms with Gasteiger partial charge >= 0.3 is 27.9 Å². The van der Waals surface area contributed by atoms with E-state index in [1.165, 1.54) is 22.3 Å². The Bertz CT molecular complexity index is 6560. The summed E-state index contributed by atoms with van der Waals surface area (Å²) < 4.78 is 0. The molecule has 4 heterocycles. The van der Waals surface area contributed by atoms with Crippen molar-refractivity contribution in [1.29, 1.82) is 0 Å². The first-order valence-corrected chi connectivity index (χ1v) is 46.0. The number of benzene rings is 20. The van der Waals surface area contributed by atoms with Gasteiger partial charge in [0.25, 0.3) is 0 Å². The fourth-order valence-corrected chi connectivity index (χ4v) is 21.9. The second kappa shape index (κ2) is 33.0. The van der Waals surface area contributed by atoms with E-state index in [1.54, 1.807) is 0 Å². The second-order valence-corrected chi connectivity index (χ2v) is 35.0. The molecule has 0 spiro atoms. The van der Waals surface area contributed by atoms with Gasteiger partial charge in [-0.25, -0.2) is 0 Å². The van der Waals surface area contributed by atoms with Crippen LogP contribution in [-0.4, -0.2) is 27.9 Å². The van der Waals surface area contributed by atoms with E-state index in [2.05, 4.69) is 560 Å². The summed E-state index contributed by atoms with van der Waals surface area (Å²) in [6.45, 7) is -0.873. The lowest BCUT2D eigenvalue weighted by molar-refractivity contribution is 0.770. The highest BCUT2D eigenvalue weighted by Gasteiger charge is 2.51. The first kappa shape index (κ1) is 78.3. The van der Waals surface area contributed by atoms with Gasteiger partial charge in [-0.3, -0.25) is 0 Å². The number of anilines is 16. The normalized spacial score (nSPS) is 13.7. The summed E-state index contributed by atoms with van der Waals surface area (Å²) in [4.78, 5) is 20.1. The molecule has 0 radical (unpaired) electrons. The second-order valence-electron chi connectivity index (χ2n) is 35.0. The third-order valence-electron chi connectivity index (χ3n) is 27.7. The van der Waals surface area contributed by atoms with Crippen LogP contribution in [0.4, 0.5) is 91.0 Å². The molecule has 0 atom stereocenters. The third-order valence-corrected chi connectivity index (χ3v) is 27.7. The highest BCUT2D eigenvalue weighted by molar-refractivity contribution is 6.86. The first-order chi connectivity index (χ1) is 66.0. The molecule has 0 fully saturated rings. The summed E-state index contributed by atoms with van der Waals surface area (Å²) in [7, 11) is 0. The number of fused-ring (bicyclic) bond motifs is 7. The maximum Gasteiger partial charge on any atom is 0.420 e. The van der Waals surface area contributed by atoms with Gasteiger partial charge in [-0.05, 0) is 282 Å². The van der Waals surface area contributed by atoms with Crippen molar-refractivity contribution < 1.29 is 0 Å². The highest BCUT2D eigenvalue weighted by Crippen LogP contribution is 2.59. The minimum absolute atomic E-state index is 0.218. The molecule has 622 valence electrons. The third kappa shape index (κ3) is 13.3. The van der Waals surface area contributed by atoms with Crippen molar-refractivity contribution in [2.45, 2.75) is 5.41 Å². The number of nitrogens with zero attached hydrogens (tertiary/aromatic N) is 8. The van der Waals surface area contributed by atoms with Crippen LogP contribution < -0.4 is 60.3 Å². The van der Waals surface area contributed by atoms with Crippen LogP contribution in [0.15, 0.2) is 522 Å². The molecule has 20 aromatic carbocycles. The monoisotopic (exact) mass is 1690 g/mol. The Kier molecular flexibility index (Phi) is 19.4. The number of hydrogen-bond acceptors (Lipinski definition) is 8. The van der Waals surface area contributed by atoms with E-state index < -0.39 is 5.41 Å². The lowest BCUT2D eigenvalue weighted by Crippen LogP contribution is -2.53. The summed E-state index contributed by atoms with van der Waals surface area (Å²) >= 11 is 0. The van der Waals surface area contributed by atoms with Gasteiger partial charge in [-0.1, -0.05) is 340 Å². The molecule has 0 aromatic heterocycles. The molecular formula is C121H86B4N8. The van der Waals surface area contributed by atoms with Crippen molar-refractivity contribution in [3.63, 3.8) is 0 Å². The van der Waals surface area contributed by atoms with Crippen LogP contribution in [0, 0.1) is 0 Å². The van der Waals surface area contributed by atoms with Crippen molar-refractivity contribution in [1.82, 2.24) is 0 Å². The Balaban J connectivity index is 0.705. The lowest BCUT2D eigenvalue weighted by atomic mass is 9.63. The molecule has 4 aliphatic heterocycles. The van der Waals surface area contributed by atoms with Gasteiger partial charge in [0.2, 0.25) is 0 Å². The Labute approximate surface area is 778 Å². The number of hydrogen-bond donors (Lipinski definition) is 0. The van der Waals surface area contributed by atoms with E-state index in [9.17, 15) is 0 Å². The van der Waals surface area contributed by atoms with Crippen LogP contribution in [0.25, 0.3) is 55.6 Å². The molecule has 0 saturated carbocycles. The topological polar surface area (TPSA) is 25.9 Å². The first-order valence-electron chi connectivity index (χ1n) is 46.0. The van der Waals surface area contributed by atoms with Gasteiger partial charge in [0.1, 0.15) is 0 Å². The number of rotatable bonds is 18. The van der Waals surface area contributed by atoms with Crippen molar-refractivity contribution >= 4 is 141 Å². The SMILES string of the molecule is c1ccc(N2B(c3ccc(-c4cc(-c5ccc(B6N(c7ccccc7)c7ccccc7N6c6ccccc6)cc5)cc(C5(c6cc(-c7ccc(B8N(c9ccccc9)c9ccccc9N8c8ccccc8)cc7)cc(-c7ccc(B8N(c9ccccc9)c9ccccc9N8c8ccccc8)cc7)c6)c6ccccc6-c6ccccc65)c4)cc3)N(c3ccccc3)c3ccccc32)cc1. The van der Waals surface area contributed by atoms with Gasteiger partial charge in [-0.15, -0.1) is 0 Å². The zero-order valence-electron chi connectivity index (χ0n) is 73.0. The molecule has 12 heteroatoms. The Morgan fingerprint density at radius 1 is 0.135 bits per heavy atom. The molecule has 133 heavy (non-hydrogen) atoms. The van der Waals surface area contributed by atoms with Crippen molar-refractivity contribution in [2.75, 3.05) is 38.5 Å². The Morgan fingerprint density at radius 2 is 0.293 bits per heavy atom. The summed E-state index contributed by atoms with van der Waals surface area (Å²) in [6.07, 6.45) is 0. The fraction of sp³-hybridized carbons (Fsp3) is 0.00826. The zero-order chi connectivity index (χ0) is 87.9. The zero-order valence-corrected chi connectivity index (χ0v) is 73.0. The molecule has 0 saturated heterocycles. The van der Waals surface area contributed by atoms with E-state index in [4.69, 9.17) is 0 Å². The summed E-state index contributed by atoms with van der Waals surface area (Å²) in [5, 5.41) is 0. The van der Waals surface area contributed by atoms with Crippen LogP contribution in [0.1, 0.15) is 22.3 Å². The van der Waals surface area contributed by atoms with E-state index in [0.29, 0.717) is 0 Å². The van der Waals surface area contributed by atoms with Gasteiger partial charge in [-0.2, -0.15) is 0 Å². The molecule has 25 rings (SSSR count). The number of para-hydroxylation sites is 16. The summed E-state index contributed by atoms with van der Waals surface area (Å²) in [5.74, 6) is 0. The van der Waals surface area contributed by atoms with E-state index >= 15 is 0 Å². The lowest BCUT2D eigenvalue weighted by Gasteiger charge is -2.35. The molecular weight excluding hydrogens is 1610 g/mol. The van der Waals surface area contributed by atoms with Crippen LogP contribution in [0.2, 0.25) is 0 Å². The van der Waals surface area contributed by atoms with E-state index in [-0.39, 0.29) is 27.9 Å². The van der Waals surface area contributed by atoms with Crippen LogP contribution >= 0.6 is 0 Å². The predicted octanol–water partition coefficient (Wildman–Crippen LogP) is 27.5.